The van der Waals surface area contributed by atoms with Crippen molar-refractivity contribution >= 4 is 11.8 Å². The van der Waals surface area contributed by atoms with Crippen LogP contribution < -0.4 is 16.1 Å². The van der Waals surface area contributed by atoms with E-state index < -0.39 is 17.2 Å². The second kappa shape index (κ2) is 5.83. The summed E-state index contributed by atoms with van der Waals surface area (Å²) >= 11 is 0. The molecule has 0 spiro atoms. The molecule has 0 fully saturated rings. The van der Waals surface area contributed by atoms with Crippen molar-refractivity contribution in [3.8, 4) is 0 Å². The Balaban J connectivity index is 3.00. The van der Waals surface area contributed by atoms with Gasteiger partial charge in [0.25, 0.3) is 5.56 Å². The van der Waals surface area contributed by atoms with Crippen molar-refractivity contribution < 1.29 is 9.53 Å². The number of nitrogens with zero attached hydrogens (tertiary/aromatic N) is 2. The third-order valence-electron chi connectivity index (χ3n) is 2.03. The number of hydrogen-bond acceptors (Lipinski definition) is 6. The highest BCUT2D eigenvalue weighted by Gasteiger charge is 2.15. The summed E-state index contributed by atoms with van der Waals surface area (Å²) in [4.78, 5) is 37.0. The lowest BCUT2D eigenvalue weighted by Crippen LogP contribution is -2.38. The topological polar surface area (TPSA) is 108 Å². The highest BCUT2D eigenvalue weighted by atomic mass is 16.5. The van der Waals surface area contributed by atoms with Crippen molar-refractivity contribution in [3.05, 3.63) is 20.8 Å². The van der Waals surface area contributed by atoms with Crippen LogP contribution >= 0.6 is 0 Å². The molecule has 0 saturated carbocycles. The fourth-order valence-corrected chi connectivity index (χ4v) is 1.31. The van der Waals surface area contributed by atoms with Crippen LogP contribution in [0.1, 0.15) is 13.3 Å². The molecule has 0 atom stereocenters. The molecule has 2 N–H and O–H groups in total. The molecule has 17 heavy (non-hydrogen) atoms. The van der Waals surface area contributed by atoms with E-state index in [1.807, 2.05) is 11.9 Å². The van der Waals surface area contributed by atoms with E-state index in [0.29, 0.717) is 6.54 Å². The zero-order chi connectivity index (χ0) is 12.8. The maximum atomic E-state index is 11.5. The number of nitrogens with one attached hydrogen (secondary N) is 2. The monoisotopic (exact) mass is 242 g/mol. The third-order valence-corrected chi connectivity index (χ3v) is 2.03. The van der Waals surface area contributed by atoms with Gasteiger partial charge >= 0.3 is 11.7 Å². The molecule has 0 unspecified atom stereocenters. The molecule has 0 aliphatic rings. The number of methoxy groups -OCH3 is 1. The summed E-state index contributed by atoms with van der Waals surface area (Å²) in [6.07, 6.45) is 0.719. The lowest BCUT2D eigenvalue weighted by Gasteiger charge is -2.19. The van der Waals surface area contributed by atoms with Crippen molar-refractivity contribution in [1.29, 1.82) is 0 Å². The molecule has 8 nitrogen and oxygen atoms in total. The Morgan fingerprint density at radius 2 is 2.18 bits per heavy atom. The Kier molecular flexibility index (Phi) is 4.44. The number of anilines is 1. The van der Waals surface area contributed by atoms with E-state index in [4.69, 9.17) is 0 Å². The van der Waals surface area contributed by atoms with Crippen molar-refractivity contribution in [2.45, 2.75) is 13.3 Å². The first-order valence-corrected chi connectivity index (χ1v) is 5.09. The number of carbonyl (C=O) groups excluding carboxylic acids is 1. The second-order valence-corrected chi connectivity index (χ2v) is 3.33. The van der Waals surface area contributed by atoms with E-state index in [9.17, 15) is 14.4 Å². The Labute approximate surface area is 96.6 Å². The summed E-state index contributed by atoms with van der Waals surface area (Å²) in [6, 6.07) is 0. The molecule has 1 rings (SSSR count). The molecule has 0 aliphatic heterocycles. The first-order chi connectivity index (χ1) is 8.08. The quantitative estimate of drug-likeness (QED) is 0.631. The molecule has 8 heteroatoms. The standard InChI is InChI=1S/C9H14N4O4/c1-3-4-13(5-6(14)17-2)7-8(15)10-9(16)12-11-7/h3-5H2,1-2H3,(H2,10,12,15,16). The Bertz CT molecular complexity index is 492. The van der Waals surface area contributed by atoms with Gasteiger partial charge in [-0.3, -0.25) is 14.6 Å². The predicted molar refractivity (Wildman–Crippen MR) is 60.0 cm³/mol. The molecular weight excluding hydrogens is 228 g/mol. The van der Waals surface area contributed by atoms with E-state index in [2.05, 4.69) is 14.9 Å². The van der Waals surface area contributed by atoms with Gasteiger partial charge in [0.1, 0.15) is 6.54 Å². The number of ether oxygens (including phenoxy) is 1. The summed E-state index contributed by atoms with van der Waals surface area (Å²) < 4.78 is 4.52. The van der Waals surface area contributed by atoms with Crippen molar-refractivity contribution in [3.63, 3.8) is 0 Å². The fourth-order valence-electron chi connectivity index (χ4n) is 1.31. The Morgan fingerprint density at radius 1 is 1.47 bits per heavy atom. The van der Waals surface area contributed by atoms with E-state index >= 15 is 0 Å². The zero-order valence-electron chi connectivity index (χ0n) is 9.65. The van der Waals surface area contributed by atoms with Gasteiger partial charge in [-0.05, 0) is 6.42 Å². The molecular formula is C9H14N4O4. The van der Waals surface area contributed by atoms with Gasteiger partial charge < -0.3 is 9.64 Å². The normalized spacial score (nSPS) is 10.0. The molecule has 0 saturated heterocycles. The molecule has 0 bridgehead atoms. The van der Waals surface area contributed by atoms with Crippen LogP contribution in [-0.2, 0) is 9.53 Å². The van der Waals surface area contributed by atoms with Gasteiger partial charge in [0.2, 0.25) is 5.82 Å². The van der Waals surface area contributed by atoms with Gasteiger partial charge in [-0.2, -0.15) is 0 Å². The van der Waals surface area contributed by atoms with Gasteiger partial charge in [-0.1, -0.05) is 6.92 Å². The molecule has 1 heterocycles. The minimum Gasteiger partial charge on any atom is -0.468 e. The van der Waals surface area contributed by atoms with Gasteiger partial charge in [0, 0.05) is 6.54 Å². The Morgan fingerprint density at radius 3 is 2.71 bits per heavy atom. The summed E-state index contributed by atoms with van der Waals surface area (Å²) in [5.74, 6) is -0.484. The lowest BCUT2D eigenvalue weighted by molar-refractivity contribution is -0.138. The molecule has 0 amide bonds. The number of rotatable bonds is 5. The molecule has 0 aromatic carbocycles. The van der Waals surface area contributed by atoms with E-state index in [0.717, 1.165) is 6.42 Å². The van der Waals surface area contributed by atoms with Crippen LogP contribution in [0.15, 0.2) is 9.59 Å². The maximum Gasteiger partial charge on any atom is 0.342 e. The van der Waals surface area contributed by atoms with Crippen LogP contribution in [0, 0.1) is 0 Å². The van der Waals surface area contributed by atoms with Gasteiger partial charge in [0.15, 0.2) is 0 Å². The molecule has 0 radical (unpaired) electrons. The van der Waals surface area contributed by atoms with Crippen molar-refractivity contribution in [1.82, 2.24) is 15.2 Å². The molecule has 94 valence electrons. The van der Waals surface area contributed by atoms with Crippen molar-refractivity contribution in [2.75, 3.05) is 25.1 Å². The number of aromatic nitrogens is 3. The number of aromatic amines is 2. The second-order valence-electron chi connectivity index (χ2n) is 3.33. The average molecular weight is 242 g/mol. The largest absolute Gasteiger partial charge is 0.468 e. The van der Waals surface area contributed by atoms with Crippen LogP contribution in [0.3, 0.4) is 0 Å². The number of H-pyrrole nitrogens is 2. The van der Waals surface area contributed by atoms with Gasteiger partial charge in [-0.25, -0.2) is 9.89 Å². The Hall–Kier alpha value is -2.12. The fraction of sp³-hybridized carbons (Fsp3) is 0.556. The number of esters is 1. The highest BCUT2D eigenvalue weighted by molar-refractivity contribution is 5.75. The minimum atomic E-state index is -0.687. The average Bonchev–Trinajstić information content (AvgIpc) is 2.28. The first-order valence-electron chi connectivity index (χ1n) is 5.09. The van der Waals surface area contributed by atoms with Gasteiger partial charge in [0.05, 0.1) is 7.11 Å². The van der Waals surface area contributed by atoms with E-state index in [1.54, 1.807) is 0 Å². The summed E-state index contributed by atoms with van der Waals surface area (Å²) in [5.41, 5.74) is -1.32. The summed E-state index contributed by atoms with van der Waals surface area (Å²) in [5, 5.41) is 5.74. The van der Waals surface area contributed by atoms with Crippen molar-refractivity contribution in [2.24, 2.45) is 0 Å². The first kappa shape index (κ1) is 12.9. The summed E-state index contributed by atoms with van der Waals surface area (Å²) in [6.45, 7) is 2.26. The highest BCUT2D eigenvalue weighted by Crippen LogP contribution is 2.02. The lowest BCUT2D eigenvalue weighted by atomic mass is 10.4. The van der Waals surface area contributed by atoms with Crippen LogP contribution in [0.25, 0.3) is 0 Å². The molecule has 1 aromatic rings. The van der Waals surface area contributed by atoms with E-state index in [1.165, 1.54) is 12.0 Å². The molecule has 1 aromatic heterocycles. The number of hydrogen-bond donors (Lipinski definition) is 2. The molecule has 0 aliphatic carbocycles. The smallest absolute Gasteiger partial charge is 0.342 e. The van der Waals surface area contributed by atoms with Crippen LogP contribution in [0.4, 0.5) is 5.82 Å². The minimum absolute atomic E-state index is 0.00292. The van der Waals surface area contributed by atoms with Crippen LogP contribution in [0.2, 0.25) is 0 Å². The maximum absolute atomic E-state index is 11.5. The third kappa shape index (κ3) is 3.44. The summed E-state index contributed by atoms with van der Waals surface area (Å²) in [7, 11) is 1.26. The number of carbonyl (C=O) groups is 1. The van der Waals surface area contributed by atoms with Gasteiger partial charge in [-0.15, -0.1) is 5.10 Å². The zero-order valence-corrected chi connectivity index (χ0v) is 9.65. The van der Waals surface area contributed by atoms with Crippen LogP contribution in [0.5, 0.6) is 0 Å². The van der Waals surface area contributed by atoms with Crippen LogP contribution in [-0.4, -0.2) is 41.3 Å². The predicted octanol–water partition coefficient (Wildman–Crippen LogP) is -1.15. The SMILES string of the molecule is CCCN(CC(=O)OC)c1n[nH]c(=O)[nH]c1=O. The van der Waals surface area contributed by atoms with E-state index in [-0.39, 0.29) is 12.4 Å².